The number of rotatable bonds is 4. The summed E-state index contributed by atoms with van der Waals surface area (Å²) < 4.78 is 0. The molecule has 1 aromatic carbocycles. The number of amides is 2. The molecular weight excluding hydrogens is 366 g/mol. The molecule has 3 rings (SSSR count). The number of anilines is 1. The Morgan fingerprint density at radius 1 is 1.30 bits per heavy atom. The van der Waals surface area contributed by atoms with Crippen molar-refractivity contribution in [3.8, 4) is 11.1 Å². The van der Waals surface area contributed by atoms with Gasteiger partial charge in [0.05, 0.1) is 10.6 Å². The summed E-state index contributed by atoms with van der Waals surface area (Å²) in [6.45, 7) is 0. The van der Waals surface area contributed by atoms with Gasteiger partial charge in [0.25, 0.3) is 5.91 Å². The van der Waals surface area contributed by atoms with Crippen LogP contribution in [-0.2, 0) is 4.79 Å². The first-order valence-corrected chi connectivity index (χ1v) is 8.42. The number of hydrogen-bond donors (Lipinski definition) is 3. The average molecular weight is 384 g/mol. The van der Waals surface area contributed by atoms with Gasteiger partial charge >= 0.3 is 0 Å². The summed E-state index contributed by atoms with van der Waals surface area (Å²) in [4.78, 5) is 32.2. The van der Waals surface area contributed by atoms with Gasteiger partial charge in [-0.05, 0) is 23.8 Å². The van der Waals surface area contributed by atoms with Crippen LogP contribution in [0.2, 0.25) is 5.02 Å². The molecule has 0 aliphatic carbocycles. The summed E-state index contributed by atoms with van der Waals surface area (Å²) in [5.74, 6) is -0.763. The van der Waals surface area contributed by atoms with Gasteiger partial charge in [0.2, 0.25) is 5.91 Å². The van der Waals surface area contributed by atoms with E-state index < -0.39 is 5.91 Å². The summed E-state index contributed by atoms with van der Waals surface area (Å²) in [5, 5.41) is 1.10. The predicted octanol–water partition coefficient (Wildman–Crippen LogP) is 2.67. The van der Waals surface area contributed by atoms with E-state index in [1.54, 1.807) is 50.8 Å². The standard InChI is InChI=1S/C19H18ClN5O2/c1-25(2)19(27)12-7-10(3-5-14(12)21)13-9-24-18-16(17(13)20)11(8-23-18)4-6-15(22)26/h3-9H,21H2,1-2H3,(H2,22,26)(H,23,24)/b6-4+. The van der Waals surface area contributed by atoms with Crippen LogP contribution in [-0.4, -0.2) is 40.8 Å². The Kier molecular flexibility index (Phi) is 4.87. The van der Waals surface area contributed by atoms with E-state index in [9.17, 15) is 9.59 Å². The first kappa shape index (κ1) is 18.5. The second-order valence-corrected chi connectivity index (χ2v) is 6.57. The van der Waals surface area contributed by atoms with E-state index in [1.807, 2.05) is 0 Å². The minimum absolute atomic E-state index is 0.203. The van der Waals surface area contributed by atoms with Crippen molar-refractivity contribution in [1.82, 2.24) is 14.9 Å². The lowest BCUT2D eigenvalue weighted by atomic mass is 10.0. The normalized spacial score (nSPS) is 11.2. The summed E-state index contributed by atoms with van der Waals surface area (Å²) >= 11 is 6.64. The first-order valence-electron chi connectivity index (χ1n) is 8.04. The minimum Gasteiger partial charge on any atom is -0.398 e. The highest BCUT2D eigenvalue weighted by molar-refractivity contribution is 6.38. The van der Waals surface area contributed by atoms with E-state index in [-0.39, 0.29) is 5.91 Å². The number of pyridine rings is 1. The van der Waals surface area contributed by atoms with Crippen molar-refractivity contribution in [3.63, 3.8) is 0 Å². The summed E-state index contributed by atoms with van der Waals surface area (Å²) in [7, 11) is 3.32. The number of benzene rings is 1. The highest BCUT2D eigenvalue weighted by atomic mass is 35.5. The molecule has 0 radical (unpaired) electrons. The third-order valence-corrected chi connectivity index (χ3v) is 4.49. The first-order chi connectivity index (χ1) is 12.8. The van der Waals surface area contributed by atoms with Gasteiger partial charge in [-0.3, -0.25) is 9.59 Å². The Bertz CT molecular complexity index is 1090. The SMILES string of the molecule is CN(C)C(=O)c1cc(-c2cnc3[nH]cc(/C=C/C(N)=O)c3c2Cl)ccc1N. The van der Waals surface area contributed by atoms with Crippen molar-refractivity contribution >= 4 is 46.2 Å². The van der Waals surface area contributed by atoms with Crippen LogP contribution in [0.25, 0.3) is 28.2 Å². The maximum Gasteiger partial charge on any atom is 0.255 e. The molecular formula is C19H18ClN5O2. The molecule has 0 saturated carbocycles. The van der Waals surface area contributed by atoms with Crippen LogP contribution >= 0.6 is 11.6 Å². The zero-order chi connectivity index (χ0) is 19.7. The molecule has 2 heterocycles. The topological polar surface area (TPSA) is 118 Å². The molecule has 7 nitrogen and oxygen atoms in total. The lowest BCUT2D eigenvalue weighted by Gasteiger charge is -2.14. The van der Waals surface area contributed by atoms with Gasteiger partial charge in [0.1, 0.15) is 5.65 Å². The molecule has 0 saturated heterocycles. The van der Waals surface area contributed by atoms with Crippen LogP contribution in [0, 0.1) is 0 Å². The maximum atomic E-state index is 12.3. The molecule has 0 aliphatic heterocycles. The quantitative estimate of drug-likeness (QED) is 0.474. The zero-order valence-corrected chi connectivity index (χ0v) is 15.5. The van der Waals surface area contributed by atoms with Gasteiger partial charge in [-0.2, -0.15) is 0 Å². The third kappa shape index (κ3) is 3.50. The van der Waals surface area contributed by atoms with Crippen LogP contribution in [0.1, 0.15) is 15.9 Å². The minimum atomic E-state index is -0.560. The number of nitrogens with zero attached hydrogens (tertiary/aromatic N) is 2. The molecule has 2 amide bonds. The van der Waals surface area contributed by atoms with E-state index in [0.717, 1.165) is 0 Å². The Morgan fingerprint density at radius 2 is 2.04 bits per heavy atom. The highest BCUT2D eigenvalue weighted by Gasteiger charge is 2.17. The molecule has 8 heteroatoms. The number of nitrogens with one attached hydrogen (secondary N) is 1. The lowest BCUT2D eigenvalue weighted by molar-refractivity contribution is -0.113. The van der Waals surface area contributed by atoms with Gasteiger partial charge in [-0.15, -0.1) is 0 Å². The van der Waals surface area contributed by atoms with Crippen molar-refractivity contribution < 1.29 is 9.59 Å². The van der Waals surface area contributed by atoms with Crippen molar-refractivity contribution in [2.75, 3.05) is 19.8 Å². The van der Waals surface area contributed by atoms with Crippen molar-refractivity contribution in [2.45, 2.75) is 0 Å². The van der Waals surface area contributed by atoms with E-state index in [2.05, 4.69) is 9.97 Å². The Morgan fingerprint density at radius 3 is 2.70 bits per heavy atom. The summed E-state index contributed by atoms with van der Waals surface area (Å²) in [6, 6.07) is 5.14. The number of aromatic nitrogens is 2. The van der Waals surface area contributed by atoms with Gasteiger partial charge in [0, 0.05) is 54.8 Å². The second-order valence-electron chi connectivity index (χ2n) is 6.19. The number of hydrogen-bond acceptors (Lipinski definition) is 4. The largest absolute Gasteiger partial charge is 0.398 e. The predicted molar refractivity (Wildman–Crippen MR) is 107 cm³/mol. The van der Waals surface area contributed by atoms with Crippen LogP contribution in [0.4, 0.5) is 5.69 Å². The van der Waals surface area contributed by atoms with Gasteiger partial charge in [-0.25, -0.2) is 4.98 Å². The molecule has 5 N–H and O–H groups in total. The van der Waals surface area contributed by atoms with E-state index >= 15 is 0 Å². The van der Waals surface area contributed by atoms with Gasteiger partial charge in [0.15, 0.2) is 0 Å². The average Bonchev–Trinajstić information content (AvgIpc) is 3.04. The van der Waals surface area contributed by atoms with Crippen LogP contribution in [0.15, 0.2) is 36.7 Å². The van der Waals surface area contributed by atoms with E-state index in [0.29, 0.717) is 44.0 Å². The molecule has 0 unspecified atom stereocenters. The molecule has 2 aromatic heterocycles. The summed E-state index contributed by atoms with van der Waals surface area (Å²) in [5.41, 5.74) is 14.5. The fourth-order valence-corrected chi connectivity index (χ4v) is 3.09. The molecule has 3 aromatic rings. The molecule has 0 fully saturated rings. The maximum absolute atomic E-state index is 12.3. The van der Waals surface area contributed by atoms with Crippen molar-refractivity contribution in [3.05, 3.63) is 52.8 Å². The molecule has 0 bridgehead atoms. The third-order valence-electron chi connectivity index (χ3n) is 4.10. The van der Waals surface area contributed by atoms with Gasteiger partial charge < -0.3 is 21.4 Å². The lowest BCUT2D eigenvalue weighted by Crippen LogP contribution is -2.22. The smallest absolute Gasteiger partial charge is 0.255 e. The van der Waals surface area contributed by atoms with E-state index in [4.69, 9.17) is 23.1 Å². The number of nitrogen functional groups attached to an aromatic ring is 1. The van der Waals surface area contributed by atoms with Crippen LogP contribution in [0.5, 0.6) is 0 Å². The van der Waals surface area contributed by atoms with Crippen molar-refractivity contribution in [1.29, 1.82) is 0 Å². The number of carbonyl (C=O) groups is 2. The second kappa shape index (κ2) is 7.13. The molecule has 0 aliphatic rings. The fraction of sp³-hybridized carbons (Fsp3) is 0.105. The fourth-order valence-electron chi connectivity index (χ4n) is 2.73. The molecule has 0 spiro atoms. The number of aromatic amines is 1. The number of fused-ring (bicyclic) bond motifs is 1. The number of halogens is 1. The molecule has 138 valence electrons. The van der Waals surface area contributed by atoms with Crippen molar-refractivity contribution in [2.24, 2.45) is 5.73 Å². The van der Waals surface area contributed by atoms with Crippen LogP contribution in [0.3, 0.4) is 0 Å². The Balaban J connectivity index is 2.17. The Hall–Kier alpha value is -3.32. The number of primary amides is 1. The number of carbonyl (C=O) groups excluding carboxylic acids is 2. The monoisotopic (exact) mass is 383 g/mol. The molecule has 27 heavy (non-hydrogen) atoms. The summed E-state index contributed by atoms with van der Waals surface area (Å²) in [6.07, 6.45) is 6.14. The molecule has 0 atom stereocenters. The number of H-pyrrole nitrogens is 1. The van der Waals surface area contributed by atoms with Crippen LogP contribution < -0.4 is 11.5 Å². The number of nitrogens with two attached hydrogens (primary N) is 2. The van der Waals surface area contributed by atoms with Gasteiger partial charge in [-0.1, -0.05) is 17.7 Å². The Labute approximate surface area is 160 Å². The zero-order valence-electron chi connectivity index (χ0n) is 14.8. The van der Waals surface area contributed by atoms with E-state index in [1.165, 1.54) is 11.0 Å². The highest BCUT2D eigenvalue weighted by Crippen LogP contribution is 2.36.